The van der Waals surface area contributed by atoms with E-state index in [1.807, 2.05) is 0 Å². The van der Waals surface area contributed by atoms with E-state index in [-0.39, 0.29) is 19.6 Å². The number of alkyl halides is 3. The number of halogens is 3. The molecular weight excluding hydrogens is 237 g/mol. The summed E-state index contributed by atoms with van der Waals surface area (Å²) in [6.07, 6.45) is -4.73. The Morgan fingerprint density at radius 3 is 2.47 bits per heavy atom. The Hall–Kier alpha value is -0.820. The Bertz CT molecular complexity index is 234. The first-order valence-electron chi connectivity index (χ1n) is 5.43. The maximum absolute atomic E-state index is 11.9. The molecule has 4 nitrogen and oxygen atoms in total. The zero-order valence-electron chi connectivity index (χ0n) is 10.1. The van der Waals surface area contributed by atoms with E-state index in [0.29, 0.717) is 6.54 Å². The van der Waals surface area contributed by atoms with Crippen LogP contribution < -0.4 is 5.73 Å². The van der Waals surface area contributed by atoms with E-state index in [2.05, 4.69) is 4.74 Å². The van der Waals surface area contributed by atoms with Crippen molar-refractivity contribution in [1.29, 1.82) is 0 Å². The van der Waals surface area contributed by atoms with Crippen molar-refractivity contribution < 1.29 is 22.7 Å². The second kappa shape index (κ2) is 7.50. The van der Waals surface area contributed by atoms with Gasteiger partial charge < -0.3 is 15.4 Å². The van der Waals surface area contributed by atoms with Crippen LogP contribution in [0.5, 0.6) is 0 Å². The van der Waals surface area contributed by atoms with Crippen LogP contribution in [0, 0.1) is 0 Å². The van der Waals surface area contributed by atoms with Crippen molar-refractivity contribution in [3.05, 3.63) is 0 Å². The third-order valence-electron chi connectivity index (χ3n) is 2.19. The number of rotatable bonds is 7. The smallest absolute Gasteiger partial charge is 0.390 e. The van der Waals surface area contributed by atoms with Crippen LogP contribution in [0.15, 0.2) is 0 Å². The second-order valence-corrected chi connectivity index (χ2v) is 3.82. The first-order valence-corrected chi connectivity index (χ1v) is 5.43. The number of hydrogen-bond donors (Lipinski definition) is 1. The van der Waals surface area contributed by atoms with E-state index in [1.165, 1.54) is 4.90 Å². The van der Waals surface area contributed by atoms with E-state index >= 15 is 0 Å². The molecule has 0 saturated heterocycles. The van der Waals surface area contributed by atoms with Gasteiger partial charge in [0.15, 0.2) is 0 Å². The number of carbonyl (C=O) groups is 1. The predicted octanol–water partition coefficient (Wildman–Crippen LogP) is 1.15. The lowest BCUT2D eigenvalue weighted by Gasteiger charge is -2.19. The molecule has 0 aromatic heterocycles. The number of hydrogen-bond acceptors (Lipinski definition) is 4. The molecule has 0 spiro atoms. The molecule has 2 N–H and O–H groups in total. The number of nitrogens with two attached hydrogens (primary N) is 1. The topological polar surface area (TPSA) is 55.6 Å². The lowest BCUT2D eigenvalue weighted by molar-refractivity contribution is -0.145. The van der Waals surface area contributed by atoms with Gasteiger partial charge in [0.05, 0.1) is 13.0 Å². The minimum Gasteiger partial charge on any atom is -0.465 e. The van der Waals surface area contributed by atoms with Gasteiger partial charge in [-0.25, -0.2) is 0 Å². The summed E-state index contributed by atoms with van der Waals surface area (Å²) in [4.78, 5) is 12.6. The summed E-state index contributed by atoms with van der Waals surface area (Å²) in [6.45, 7) is 2.14. The number of nitrogens with zero attached hydrogens (tertiary/aromatic N) is 1. The summed E-state index contributed by atoms with van der Waals surface area (Å²) >= 11 is 0. The highest BCUT2D eigenvalue weighted by atomic mass is 19.4. The van der Waals surface area contributed by atoms with Gasteiger partial charge in [-0.3, -0.25) is 4.79 Å². The highest BCUT2D eigenvalue weighted by Gasteiger charge is 2.27. The Morgan fingerprint density at radius 2 is 2.00 bits per heavy atom. The van der Waals surface area contributed by atoms with Crippen molar-refractivity contribution >= 4 is 5.97 Å². The van der Waals surface area contributed by atoms with Gasteiger partial charge >= 0.3 is 12.1 Å². The van der Waals surface area contributed by atoms with Gasteiger partial charge in [-0.1, -0.05) is 0 Å². The minimum absolute atomic E-state index is 0.0982. The van der Waals surface area contributed by atoms with Gasteiger partial charge in [-0.2, -0.15) is 13.2 Å². The first-order chi connectivity index (χ1) is 7.76. The summed E-state index contributed by atoms with van der Waals surface area (Å²) in [6, 6.07) is -0.775. The third-order valence-corrected chi connectivity index (χ3v) is 2.19. The van der Waals surface area contributed by atoms with Crippen LogP contribution in [0.2, 0.25) is 0 Å². The monoisotopic (exact) mass is 256 g/mol. The maximum atomic E-state index is 11.9. The van der Waals surface area contributed by atoms with E-state index in [0.717, 1.165) is 0 Å². The molecule has 0 amide bonds. The number of esters is 1. The van der Waals surface area contributed by atoms with Crippen LogP contribution in [-0.4, -0.2) is 49.8 Å². The lowest BCUT2D eigenvalue weighted by Crippen LogP contribution is -2.36. The van der Waals surface area contributed by atoms with E-state index in [9.17, 15) is 18.0 Å². The van der Waals surface area contributed by atoms with Crippen molar-refractivity contribution in [2.24, 2.45) is 5.73 Å². The Labute approximate surface area is 98.9 Å². The SMILES string of the molecule is CCOC(=O)C(N)CCN(C)CCC(F)(F)F. The minimum atomic E-state index is -4.16. The Morgan fingerprint density at radius 1 is 1.41 bits per heavy atom. The van der Waals surface area contributed by atoms with Gasteiger partial charge in [0.1, 0.15) is 6.04 Å². The molecule has 17 heavy (non-hydrogen) atoms. The first kappa shape index (κ1) is 16.2. The number of carbonyl (C=O) groups excluding carboxylic acids is 1. The molecule has 0 bridgehead atoms. The molecule has 1 atom stereocenters. The van der Waals surface area contributed by atoms with Gasteiger partial charge in [0.2, 0.25) is 0 Å². The molecule has 0 aromatic carbocycles. The molecule has 0 aliphatic carbocycles. The summed E-state index contributed by atoms with van der Waals surface area (Å²) < 4.78 is 40.4. The van der Waals surface area contributed by atoms with Gasteiger partial charge in [-0.05, 0) is 26.9 Å². The lowest BCUT2D eigenvalue weighted by atomic mass is 10.2. The molecule has 0 radical (unpaired) electrons. The highest BCUT2D eigenvalue weighted by Crippen LogP contribution is 2.19. The third kappa shape index (κ3) is 8.93. The molecule has 7 heteroatoms. The van der Waals surface area contributed by atoms with E-state index < -0.39 is 24.6 Å². The quantitative estimate of drug-likeness (QED) is 0.694. The zero-order chi connectivity index (χ0) is 13.5. The fourth-order valence-electron chi connectivity index (χ4n) is 1.16. The van der Waals surface area contributed by atoms with Crippen molar-refractivity contribution in [3.8, 4) is 0 Å². The van der Waals surface area contributed by atoms with Crippen LogP contribution >= 0.6 is 0 Å². The van der Waals surface area contributed by atoms with Crippen molar-refractivity contribution in [2.45, 2.75) is 32.0 Å². The average molecular weight is 256 g/mol. The highest BCUT2D eigenvalue weighted by molar-refractivity contribution is 5.75. The van der Waals surface area contributed by atoms with Crippen molar-refractivity contribution in [2.75, 3.05) is 26.7 Å². The van der Waals surface area contributed by atoms with Crippen molar-refractivity contribution in [3.63, 3.8) is 0 Å². The molecular formula is C10H19F3N2O2. The van der Waals surface area contributed by atoms with Gasteiger partial charge in [-0.15, -0.1) is 0 Å². The molecule has 1 unspecified atom stereocenters. The molecule has 102 valence electrons. The molecule has 0 aromatic rings. The molecule has 0 aliphatic rings. The predicted molar refractivity (Wildman–Crippen MR) is 57.4 cm³/mol. The molecule has 0 aliphatic heterocycles. The summed E-state index contributed by atoms with van der Waals surface area (Å²) in [7, 11) is 1.56. The molecule has 0 rings (SSSR count). The van der Waals surface area contributed by atoms with Crippen LogP contribution in [0.3, 0.4) is 0 Å². The second-order valence-electron chi connectivity index (χ2n) is 3.82. The number of ether oxygens (including phenoxy) is 1. The van der Waals surface area contributed by atoms with E-state index in [4.69, 9.17) is 5.73 Å². The standard InChI is InChI=1S/C10H19F3N2O2/c1-3-17-9(16)8(14)4-6-15(2)7-5-10(11,12)13/h8H,3-7,14H2,1-2H3. The fourth-order valence-corrected chi connectivity index (χ4v) is 1.16. The summed E-state index contributed by atoms with van der Waals surface area (Å²) in [5.41, 5.74) is 5.51. The maximum Gasteiger partial charge on any atom is 0.390 e. The van der Waals surface area contributed by atoms with Crippen LogP contribution in [-0.2, 0) is 9.53 Å². The fraction of sp³-hybridized carbons (Fsp3) is 0.900. The molecule has 0 saturated carbocycles. The summed E-state index contributed by atoms with van der Waals surface area (Å²) in [5, 5.41) is 0. The summed E-state index contributed by atoms with van der Waals surface area (Å²) in [5.74, 6) is -0.517. The molecule has 0 heterocycles. The Kier molecular flexibility index (Phi) is 7.13. The van der Waals surface area contributed by atoms with Crippen molar-refractivity contribution in [1.82, 2.24) is 4.90 Å². The van der Waals surface area contributed by atoms with Gasteiger partial charge in [0.25, 0.3) is 0 Å². The average Bonchev–Trinajstić information content (AvgIpc) is 2.22. The normalized spacial score (nSPS) is 13.8. The van der Waals surface area contributed by atoms with Crippen LogP contribution in [0.4, 0.5) is 13.2 Å². The largest absolute Gasteiger partial charge is 0.465 e. The Balaban J connectivity index is 3.76. The van der Waals surface area contributed by atoms with Gasteiger partial charge in [0, 0.05) is 6.54 Å². The van der Waals surface area contributed by atoms with E-state index in [1.54, 1.807) is 14.0 Å². The van der Waals surface area contributed by atoms with Crippen LogP contribution in [0.1, 0.15) is 19.8 Å². The van der Waals surface area contributed by atoms with Crippen LogP contribution in [0.25, 0.3) is 0 Å². The zero-order valence-corrected chi connectivity index (χ0v) is 10.1. The molecule has 0 fully saturated rings.